The van der Waals surface area contributed by atoms with Gasteiger partial charge in [0.2, 0.25) is 0 Å². The van der Waals surface area contributed by atoms with Crippen LogP contribution in [0.3, 0.4) is 0 Å². The monoisotopic (exact) mass is 389 g/mol. The first kappa shape index (κ1) is 20.6. The molecule has 2 bridgehead atoms. The second-order valence-electron chi connectivity index (χ2n) is 8.90. The molecule has 154 valence electrons. The van der Waals surface area contributed by atoms with Gasteiger partial charge in [0, 0.05) is 11.5 Å². The second-order valence-corrected chi connectivity index (χ2v) is 8.90. The summed E-state index contributed by atoms with van der Waals surface area (Å²) in [6, 6.07) is 3.58. The number of piperidine rings is 1. The summed E-state index contributed by atoms with van der Waals surface area (Å²) in [5.41, 5.74) is 2.07. The van der Waals surface area contributed by atoms with E-state index >= 15 is 0 Å². The van der Waals surface area contributed by atoms with Gasteiger partial charge in [0.1, 0.15) is 11.4 Å². The van der Waals surface area contributed by atoms with E-state index < -0.39 is 5.60 Å². The summed E-state index contributed by atoms with van der Waals surface area (Å²) in [6.07, 6.45) is 0.881. The Morgan fingerprint density at radius 3 is 2.21 bits per heavy atom. The smallest absolute Gasteiger partial charge is 0.410 e. The van der Waals surface area contributed by atoms with Crippen molar-refractivity contribution in [1.29, 1.82) is 0 Å². The van der Waals surface area contributed by atoms with E-state index in [9.17, 15) is 9.59 Å². The molecule has 2 heterocycles. The highest BCUT2D eigenvalue weighted by molar-refractivity contribution is 5.99. The van der Waals surface area contributed by atoms with Crippen LogP contribution in [-0.4, -0.2) is 54.8 Å². The Labute approximate surface area is 167 Å². The standard InChI is InChI=1S/C22H31NO5/c1-13-8-19(26-6)14(2)7-18(13)20(24)15-9-16-11-27-12-17(10-15)23(16)21(25)28-22(3,4)5/h7-8,15-17H,9-12H2,1-6H3. The molecule has 0 aromatic heterocycles. The van der Waals surface area contributed by atoms with Gasteiger partial charge < -0.3 is 14.2 Å². The quantitative estimate of drug-likeness (QED) is 0.734. The van der Waals surface area contributed by atoms with Crippen LogP contribution in [-0.2, 0) is 9.47 Å². The molecule has 0 saturated carbocycles. The first-order chi connectivity index (χ1) is 13.1. The summed E-state index contributed by atoms with van der Waals surface area (Å²) in [5, 5.41) is 0. The Morgan fingerprint density at radius 2 is 1.68 bits per heavy atom. The molecule has 0 spiro atoms. The lowest BCUT2D eigenvalue weighted by molar-refractivity contribution is -0.0861. The Kier molecular flexibility index (Phi) is 5.71. The van der Waals surface area contributed by atoms with Crippen LogP contribution in [0.15, 0.2) is 12.1 Å². The molecule has 2 fully saturated rings. The Balaban J connectivity index is 1.79. The first-order valence-corrected chi connectivity index (χ1v) is 9.89. The van der Waals surface area contributed by atoms with Crippen molar-refractivity contribution in [2.45, 2.75) is 65.1 Å². The molecule has 2 atom stereocenters. The van der Waals surface area contributed by atoms with Crippen LogP contribution >= 0.6 is 0 Å². The number of ether oxygens (including phenoxy) is 3. The highest BCUT2D eigenvalue weighted by atomic mass is 16.6. The molecule has 28 heavy (non-hydrogen) atoms. The fourth-order valence-electron chi connectivity index (χ4n) is 4.24. The van der Waals surface area contributed by atoms with E-state index in [1.54, 1.807) is 12.0 Å². The van der Waals surface area contributed by atoms with Gasteiger partial charge in [0.15, 0.2) is 5.78 Å². The molecular weight excluding hydrogens is 358 g/mol. The number of aryl methyl sites for hydroxylation is 2. The summed E-state index contributed by atoms with van der Waals surface area (Å²) in [7, 11) is 1.64. The van der Waals surface area contributed by atoms with Crippen LogP contribution in [0, 0.1) is 19.8 Å². The number of amides is 1. The van der Waals surface area contributed by atoms with Crippen molar-refractivity contribution in [2.24, 2.45) is 5.92 Å². The predicted molar refractivity (Wildman–Crippen MR) is 106 cm³/mol. The van der Waals surface area contributed by atoms with Crippen LogP contribution in [0.25, 0.3) is 0 Å². The maximum absolute atomic E-state index is 13.3. The molecule has 6 nitrogen and oxygen atoms in total. The topological polar surface area (TPSA) is 65.1 Å². The highest BCUT2D eigenvalue weighted by Gasteiger charge is 2.45. The zero-order valence-electron chi connectivity index (χ0n) is 17.7. The van der Waals surface area contributed by atoms with E-state index in [2.05, 4.69) is 0 Å². The predicted octanol–water partition coefficient (Wildman–Crippen LogP) is 3.91. The molecular formula is C22H31NO5. The molecule has 0 aliphatic carbocycles. The van der Waals surface area contributed by atoms with Crippen LogP contribution in [0.5, 0.6) is 5.75 Å². The minimum absolute atomic E-state index is 0.121. The number of carbonyl (C=O) groups excluding carboxylic acids is 2. The van der Waals surface area contributed by atoms with Crippen LogP contribution < -0.4 is 4.74 Å². The number of rotatable bonds is 3. The number of ketones is 1. The number of benzene rings is 1. The van der Waals surface area contributed by atoms with E-state index in [-0.39, 0.29) is 29.9 Å². The molecule has 1 amide bonds. The van der Waals surface area contributed by atoms with E-state index in [1.165, 1.54) is 0 Å². The average molecular weight is 389 g/mol. The Bertz CT molecular complexity index is 753. The van der Waals surface area contributed by atoms with Crippen LogP contribution in [0.1, 0.15) is 55.1 Å². The molecule has 1 aromatic carbocycles. The Morgan fingerprint density at radius 1 is 1.07 bits per heavy atom. The van der Waals surface area contributed by atoms with Crippen LogP contribution in [0.2, 0.25) is 0 Å². The van der Waals surface area contributed by atoms with Crippen molar-refractivity contribution in [3.05, 3.63) is 28.8 Å². The summed E-state index contributed by atoms with van der Waals surface area (Å²) in [4.78, 5) is 27.8. The van der Waals surface area contributed by atoms with Gasteiger partial charge in [-0.25, -0.2) is 4.79 Å². The number of hydrogen-bond donors (Lipinski definition) is 0. The number of fused-ring (bicyclic) bond motifs is 2. The zero-order chi connectivity index (χ0) is 20.6. The summed E-state index contributed by atoms with van der Waals surface area (Å²) in [5.74, 6) is 0.812. The highest BCUT2D eigenvalue weighted by Crippen LogP contribution is 2.36. The average Bonchev–Trinajstić information content (AvgIpc) is 2.60. The molecule has 2 unspecified atom stereocenters. The van der Waals surface area contributed by atoms with Crippen molar-refractivity contribution in [2.75, 3.05) is 20.3 Å². The second kappa shape index (κ2) is 7.74. The maximum atomic E-state index is 13.3. The molecule has 2 aliphatic heterocycles. The zero-order valence-corrected chi connectivity index (χ0v) is 17.7. The summed E-state index contributed by atoms with van der Waals surface area (Å²) in [6.45, 7) is 10.4. The molecule has 1 aromatic rings. The Hall–Kier alpha value is -2.08. The van der Waals surface area contributed by atoms with Gasteiger partial charge in [-0.05, 0) is 70.7 Å². The normalized spacial score (nSPS) is 24.6. The van der Waals surface area contributed by atoms with Gasteiger partial charge in [-0.15, -0.1) is 0 Å². The van der Waals surface area contributed by atoms with Gasteiger partial charge in [0.05, 0.1) is 32.4 Å². The van der Waals surface area contributed by atoms with Crippen molar-refractivity contribution < 1.29 is 23.8 Å². The third kappa shape index (κ3) is 4.17. The molecule has 6 heteroatoms. The van der Waals surface area contributed by atoms with E-state index in [4.69, 9.17) is 14.2 Å². The minimum Gasteiger partial charge on any atom is -0.496 e. The third-order valence-electron chi connectivity index (χ3n) is 5.50. The van der Waals surface area contributed by atoms with Crippen molar-refractivity contribution in [3.63, 3.8) is 0 Å². The van der Waals surface area contributed by atoms with Gasteiger partial charge >= 0.3 is 6.09 Å². The fraction of sp³-hybridized carbons (Fsp3) is 0.636. The van der Waals surface area contributed by atoms with Gasteiger partial charge in [-0.3, -0.25) is 9.69 Å². The van der Waals surface area contributed by atoms with E-state index in [1.807, 2.05) is 46.8 Å². The van der Waals surface area contributed by atoms with Crippen molar-refractivity contribution in [3.8, 4) is 5.75 Å². The molecule has 3 rings (SSSR count). The first-order valence-electron chi connectivity index (χ1n) is 9.89. The minimum atomic E-state index is -0.545. The lowest BCUT2D eigenvalue weighted by Gasteiger charge is -2.47. The van der Waals surface area contributed by atoms with Gasteiger partial charge in [0.25, 0.3) is 0 Å². The number of hydrogen-bond acceptors (Lipinski definition) is 5. The largest absolute Gasteiger partial charge is 0.496 e. The van der Waals surface area contributed by atoms with E-state index in [0.29, 0.717) is 26.1 Å². The molecule has 0 N–H and O–H groups in total. The summed E-state index contributed by atoms with van der Waals surface area (Å²) >= 11 is 0. The lowest BCUT2D eigenvalue weighted by atomic mass is 9.80. The lowest BCUT2D eigenvalue weighted by Crippen LogP contribution is -2.60. The summed E-state index contributed by atoms with van der Waals surface area (Å²) < 4.78 is 16.6. The number of nitrogens with zero attached hydrogens (tertiary/aromatic N) is 1. The third-order valence-corrected chi connectivity index (χ3v) is 5.50. The maximum Gasteiger partial charge on any atom is 0.410 e. The van der Waals surface area contributed by atoms with Crippen molar-refractivity contribution in [1.82, 2.24) is 4.90 Å². The number of methoxy groups -OCH3 is 1. The van der Waals surface area contributed by atoms with Crippen molar-refractivity contribution >= 4 is 11.9 Å². The van der Waals surface area contributed by atoms with E-state index in [0.717, 1.165) is 22.4 Å². The molecule has 0 radical (unpaired) electrons. The number of carbonyl (C=O) groups is 2. The van der Waals surface area contributed by atoms with Crippen LogP contribution in [0.4, 0.5) is 4.79 Å². The van der Waals surface area contributed by atoms with Gasteiger partial charge in [-0.1, -0.05) is 0 Å². The fourth-order valence-corrected chi connectivity index (χ4v) is 4.24. The molecule has 2 saturated heterocycles. The number of morpholine rings is 1. The van der Waals surface area contributed by atoms with Gasteiger partial charge in [-0.2, -0.15) is 0 Å². The number of Topliss-reactive ketones (excluding diaryl/α,β-unsaturated/α-hetero) is 1. The molecule has 2 aliphatic rings. The SMILES string of the molecule is COc1cc(C)c(C(=O)C2CC3COCC(C2)N3C(=O)OC(C)(C)C)cc1C.